The highest BCUT2D eigenvalue weighted by Gasteiger charge is 2.34. The normalized spacial score (nSPS) is 19.4. The molecule has 1 N–H and O–H groups in total. The van der Waals surface area contributed by atoms with Gasteiger partial charge >= 0.3 is 5.97 Å². The lowest BCUT2D eigenvalue weighted by atomic mass is 9.80. The minimum Gasteiger partial charge on any atom is -0.478 e. The van der Waals surface area contributed by atoms with Gasteiger partial charge in [0, 0.05) is 13.1 Å². The largest absolute Gasteiger partial charge is 0.478 e. The topological polar surface area (TPSA) is 66.3 Å². The highest BCUT2D eigenvalue weighted by Crippen LogP contribution is 2.36. The van der Waals surface area contributed by atoms with E-state index in [0.717, 1.165) is 19.5 Å². The van der Waals surface area contributed by atoms with Crippen LogP contribution < -0.4 is 4.90 Å². The zero-order valence-corrected chi connectivity index (χ0v) is 12.9. The summed E-state index contributed by atoms with van der Waals surface area (Å²) in [5.41, 5.74) is 1.91. The molecule has 0 aromatic carbocycles. The Hall–Kier alpha value is -1.65. The van der Waals surface area contributed by atoms with Gasteiger partial charge in [-0.25, -0.2) is 4.79 Å². The van der Waals surface area contributed by atoms with Crippen LogP contribution >= 0.6 is 0 Å². The van der Waals surface area contributed by atoms with Gasteiger partial charge in [0.25, 0.3) is 0 Å². The molecular weight excluding hydrogens is 254 g/mol. The van der Waals surface area contributed by atoms with Gasteiger partial charge in [0.05, 0.1) is 5.69 Å². The summed E-state index contributed by atoms with van der Waals surface area (Å²) < 4.78 is 0. The molecule has 0 bridgehead atoms. The Morgan fingerprint density at radius 2 is 1.95 bits per heavy atom. The first-order chi connectivity index (χ1) is 9.21. The summed E-state index contributed by atoms with van der Waals surface area (Å²) in [6, 6.07) is 0. The van der Waals surface area contributed by atoms with Gasteiger partial charge in [-0.2, -0.15) is 5.10 Å². The molecule has 1 unspecified atom stereocenters. The Morgan fingerprint density at radius 3 is 2.45 bits per heavy atom. The second-order valence-electron chi connectivity index (χ2n) is 6.71. The molecule has 1 atom stereocenters. The summed E-state index contributed by atoms with van der Waals surface area (Å²) in [6.45, 7) is 12.0. The van der Waals surface area contributed by atoms with Crippen molar-refractivity contribution in [2.75, 3.05) is 18.0 Å². The second kappa shape index (κ2) is 5.04. The van der Waals surface area contributed by atoms with Gasteiger partial charge in [-0.1, -0.05) is 20.8 Å². The van der Waals surface area contributed by atoms with Crippen LogP contribution in [0.1, 0.15) is 48.8 Å². The van der Waals surface area contributed by atoms with E-state index in [1.807, 2.05) is 0 Å². The smallest absolute Gasteiger partial charge is 0.339 e. The molecule has 2 rings (SSSR count). The Labute approximate surface area is 120 Å². The van der Waals surface area contributed by atoms with E-state index >= 15 is 0 Å². The first-order valence-corrected chi connectivity index (χ1v) is 7.04. The summed E-state index contributed by atoms with van der Waals surface area (Å²) in [7, 11) is 0. The van der Waals surface area contributed by atoms with Crippen molar-refractivity contribution in [2.45, 2.75) is 41.0 Å². The lowest BCUT2D eigenvalue weighted by Gasteiger charge is -2.27. The second-order valence-corrected chi connectivity index (χ2v) is 6.71. The maximum atomic E-state index is 11.5. The summed E-state index contributed by atoms with van der Waals surface area (Å²) in [6.07, 6.45) is 1.07. The summed E-state index contributed by atoms with van der Waals surface area (Å²) >= 11 is 0. The third-order valence-corrected chi connectivity index (χ3v) is 4.36. The van der Waals surface area contributed by atoms with Gasteiger partial charge < -0.3 is 10.0 Å². The molecule has 1 fully saturated rings. The molecule has 1 aromatic heterocycles. The number of aryl methyl sites for hydroxylation is 1. The van der Waals surface area contributed by atoms with Crippen molar-refractivity contribution in [1.29, 1.82) is 0 Å². The van der Waals surface area contributed by atoms with Crippen LogP contribution in [0.25, 0.3) is 0 Å². The molecule has 20 heavy (non-hydrogen) atoms. The van der Waals surface area contributed by atoms with E-state index in [9.17, 15) is 9.90 Å². The molecule has 1 aliphatic heterocycles. The predicted octanol–water partition coefficient (Wildman–Crippen LogP) is 2.66. The Bertz CT molecular complexity index is 535. The van der Waals surface area contributed by atoms with Crippen molar-refractivity contribution in [3.8, 4) is 0 Å². The molecule has 2 heterocycles. The summed E-state index contributed by atoms with van der Waals surface area (Å²) in [5.74, 6) is 0.148. The minimum absolute atomic E-state index is 0.227. The molecule has 0 amide bonds. The monoisotopic (exact) mass is 277 g/mol. The van der Waals surface area contributed by atoms with Crippen molar-refractivity contribution in [2.24, 2.45) is 11.3 Å². The Kier molecular flexibility index (Phi) is 3.71. The maximum absolute atomic E-state index is 11.5. The number of aromatic carboxylic acids is 1. The zero-order chi connectivity index (χ0) is 15.1. The molecule has 0 radical (unpaired) electrons. The van der Waals surface area contributed by atoms with Crippen LogP contribution in [0, 0.1) is 25.2 Å². The highest BCUT2D eigenvalue weighted by molar-refractivity contribution is 5.95. The molecular formula is C15H23N3O2. The first kappa shape index (κ1) is 14.8. The van der Waals surface area contributed by atoms with Gasteiger partial charge in [0.2, 0.25) is 0 Å². The van der Waals surface area contributed by atoms with Crippen LogP contribution in [0.5, 0.6) is 0 Å². The molecule has 1 aromatic rings. The van der Waals surface area contributed by atoms with Gasteiger partial charge in [-0.3, -0.25) is 0 Å². The highest BCUT2D eigenvalue weighted by atomic mass is 16.4. The molecule has 0 aliphatic carbocycles. The average Bonchev–Trinajstić information content (AvgIpc) is 2.80. The van der Waals surface area contributed by atoms with Gasteiger partial charge in [0.1, 0.15) is 5.56 Å². The Balaban J connectivity index is 2.36. The summed E-state index contributed by atoms with van der Waals surface area (Å²) in [4.78, 5) is 13.6. The van der Waals surface area contributed by atoms with E-state index in [-0.39, 0.29) is 5.41 Å². The average molecular weight is 277 g/mol. The quantitative estimate of drug-likeness (QED) is 0.900. The van der Waals surface area contributed by atoms with Crippen molar-refractivity contribution in [3.05, 3.63) is 16.8 Å². The number of anilines is 1. The number of nitrogens with zero attached hydrogens (tertiary/aromatic N) is 3. The molecule has 0 saturated carbocycles. The molecule has 1 aliphatic rings. The Morgan fingerprint density at radius 1 is 1.30 bits per heavy atom. The summed E-state index contributed by atoms with van der Waals surface area (Å²) in [5, 5.41) is 17.7. The number of carboxylic acids is 1. The molecule has 5 heteroatoms. The number of carboxylic acid groups (broad SMARTS) is 1. The lowest BCUT2D eigenvalue weighted by molar-refractivity contribution is 0.0696. The number of hydrogen-bond acceptors (Lipinski definition) is 4. The first-order valence-electron chi connectivity index (χ1n) is 7.04. The van der Waals surface area contributed by atoms with Crippen LogP contribution in [0.15, 0.2) is 0 Å². The number of aromatic nitrogens is 2. The van der Waals surface area contributed by atoms with Gasteiger partial charge in [-0.15, -0.1) is 5.10 Å². The fourth-order valence-corrected chi connectivity index (χ4v) is 2.73. The van der Waals surface area contributed by atoms with Gasteiger partial charge in [-0.05, 0) is 37.2 Å². The van der Waals surface area contributed by atoms with Gasteiger partial charge in [0.15, 0.2) is 5.82 Å². The molecule has 0 spiro atoms. The van der Waals surface area contributed by atoms with Crippen molar-refractivity contribution in [1.82, 2.24) is 10.2 Å². The predicted molar refractivity (Wildman–Crippen MR) is 78.2 cm³/mol. The van der Waals surface area contributed by atoms with Crippen molar-refractivity contribution < 1.29 is 9.90 Å². The number of hydrogen-bond donors (Lipinski definition) is 1. The van der Waals surface area contributed by atoms with E-state index in [0.29, 0.717) is 28.6 Å². The SMILES string of the molecule is Cc1nnc(N2CCC(C(C)(C)C)C2)c(C(=O)O)c1C. The maximum Gasteiger partial charge on any atom is 0.339 e. The zero-order valence-electron chi connectivity index (χ0n) is 12.9. The van der Waals surface area contributed by atoms with Crippen LogP contribution in [-0.4, -0.2) is 34.4 Å². The van der Waals surface area contributed by atoms with E-state index in [1.54, 1.807) is 13.8 Å². The van der Waals surface area contributed by atoms with Crippen molar-refractivity contribution >= 4 is 11.8 Å². The van der Waals surface area contributed by atoms with Crippen LogP contribution in [0.3, 0.4) is 0 Å². The number of rotatable bonds is 2. The number of carbonyl (C=O) groups is 1. The van der Waals surface area contributed by atoms with Crippen LogP contribution in [-0.2, 0) is 0 Å². The lowest BCUT2D eigenvalue weighted by Crippen LogP contribution is -2.28. The fraction of sp³-hybridized carbons (Fsp3) is 0.667. The van der Waals surface area contributed by atoms with E-state index in [4.69, 9.17) is 0 Å². The standard InChI is InChI=1S/C15H23N3O2/c1-9-10(2)16-17-13(12(9)14(19)20)18-7-6-11(8-18)15(3,4)5/h11H,6-8H2,1-5H3,(H,19,20). The fourth-order valence-electron chi connectivity index (χ4n) is 2.73. The third kappa shape index (κ3) is 2.62. The van der Waals surface area contributed by atoms with Crippen molar-refractivity contribution in [3.63, 3.8) is 0 Å². The van der Waals surface area contributed by atoms with E-state index < -0.39 is 5.97 Å². The van der Waals surface area contributed by atoms with Crippen LogP contribution in [0.4, 0.5) is 5.82 Å². The van der Waals surface area contributed by atoms with E-state index in [2.05, 4.69) is 35.9 Å². The molecule has 5 nitrogen and oxygen atoms in total. The minimum atomic E-state index is -0.922. The molecule has 110 valence electrons. The van der Waals surface area contributed by atoms with E-state index in [1.165, 1.54) is 0 Å². The van der Waals surface area contributed by atoms with Crippen LogP contribution in [0.2, 0.25) is 0 Å². The molecule has 1 saturated heterocycles. The third-order valence-electron chi connectivity index (χ3n) is 4.36.